The number of benzene rings is 1. The average Bonchev–Trinajstić information content (AvgIpc) is 2.38. The fourth-order valence-electron chi connectivity index (χ4n) is 0.996. The Morgan fingerprint density at radius 1 is 1.06 bits per heavy atom. The van der Waals surface area contributed by atoms with Crippen LogP contribution < -0.4 is 0 Å². The van der Waals surface area contributed by atoms with E-state index in [0.29, 0.717) is 5.56 Å². The zero-order valence-corrected chi connectivity index (χ0v) is 9.55. The summed E-state index contributed by atoms with van der Waals surface area (Å²) in [5, 5.41) is 0. The zero-order chi connectivity index (χ0) is 12.5. The number of hydrogen-bond acceptors (Lipinski definition) is 5. The molecule has 0 radical (unpaired) electrons. The lowest BCUT2D eigenvalue weighted by Crippen LogP contribution is -2.12. The van der Waals surface area contributed by atoms with Crippen LogP contribution in [0.1, 0.15) is 23.7 Å². The van der Waals surface area contributed by atoms with Crippen LogP contribution in [0.4, 0.5) is 0 Å². The molecule has 17 heavy (non-hydrogen) atoms. The minimum absolute atomic E-state index is 0.214. The molecule has 0 aliphatic rings. The third-order valence-corrected chi connectivity index (χ3v) is 1.87. The van der Waals surface area contributed by atoms with Crippen molar-refractivity contribution >= 4 is 11.9 Å². The van der Waals surface area contributed by atoms with Crippen molar-refractivity contribution in [1.29, 1.82) is 0 Å². The third-order valence-electron chi connectivity index (χ3n) is 1.87. The number of esters is 2. The van der Waals surface area contributed by atoms with Gasteiger partial charge in [0.05, 0.1) is 5.56 Å². The van der Waals surface area contributed by atoms with Crippen LogP contribution in [0.15, 0.2) is 30.3 Å². The van der Waals surface area contributed by atoms with Gasteiger partial charge in [-0.15, -0.1) is 0 Å². The molecule has 0 bridgehead atoms. The molecule has 5 heteroatoms. The van der Waals surface area contributed by atoms with E-state index in [9.17, 15) is 9.59 Å². The quantitative estimate of drug-likeness (QED) is 0.429. The molecular weight excluding hydrogens is 224 g/mol. The van der Waals surface area contributed by atoms with Crippen LogP contribution in [0.5, 0.6) is 0 Å². The van der Waals surface area contributed by atoms with Crippen LogP contribution in [0, 0.1) is 0 Å². The third kappa shape index (κ3) is 5.12. The maximum Gasteiger partial charge on any atom is 0.340 e. The molecule has 0 N–H and O–H groups in total. The molecule has 0 amide bonds. The topological polar surface area (TPSA) is 61.8 Å². The van der Waals surface area contributed by atoms with Gasteiger partial charge >= 0.3 is 11.9 Å². The second-order valence-corrected chi connectivity index (χ2v) is 3.11. The smallest absolute Gasteiger partial charge is 0.340 e. The van der Waals surface area contributed by atoms with E-state index < -0.39 is 5.97 Å². The molecule has 5 nitrogen and oxygen atoms in total. The SMILES string of the molecule is CCC(=O)OCOCOC(=O)c1ccccc1. The standard InChI is InChI=1S/C12H14O5/c1-2-11(13)16-8-15-9-17-12(14)10-6-4-3-5-7-10/h3-7H,2,8-9H2,1H3. The van der Waals surface area contributed by atoms with E-state index in [0.717, 1.165) is 0 Å². The molecule has 0 aliphatic heterocycles. The summed E-state index contributed by atoms with van der Waals surface area (Å²) in [6.07, 6.45) is 0.285. The number of carbonyl (C=O) groups is 2. The first-order valence-electron chi connectivity index (χ1n) is 5.19. The summed E-state index contributed by atoms with van der Waals surface area (Å²) in [5.41, 5.74) is 0.446. The lowest BCUT2D eigenvalue weighted by atomic mass is 10.2. The monoisotopic (exact) mass is 238 g/mol. The first kappa shape index (κ1) is 13.2. The van der Waals surface area contributed by atoms with Crippen molar-refractivity contribution in [3.8, 4) is 0 Å². The lowest BCUT2D eigenvalue weighted by molar-refractivity contribution is -0.163. The predicted octanol–water partition coefficient (Wildman–Crippen LogP) is 1.73. The Bertz CT molecular complexity index is 360. The van der Waals surface area contributed by atoms with Crippen LogP contribution in [0.25, 0.3) is 0 Å². The highest BCUT2D eigenvalue weighted by Gasteiger charge is 2.05. The number of rotatable bonds is 6. The molecule has 0 aromatic heterocycles. The minimum Gasteiger partial charge on any atom is -0.438 e. The Morgan fingerprint density at radius 2 is 1.71 bits per heavy atom. The van der Waals surface area contributed by atoms with Gasteiger partial charge in [-0.1, -0.05) is 25.1 Å². The summed E-state index contributed by atoms with van der Waals surface area (Å²) < 4.78 is 14.2. The fourth-order valence-corrected chi connectivity index (χ4v) is 0.996. The average molecular weight is 238 g/mol. The Balaban J connectivity index is 2.15. The van der Waals surface area contributed by atoms with Crippen LogP contribution in [-0.2, 0) is 19.0 Å². The summed E-state index contributed by atoms with van der Waals surface area (Å²) >= 11 is 0. The van der Waals surface area contributed by atoms with Crippen molar-refractivity contribution in [1.82, 2.24) is 0 Å². The van der Waals surface area contributed by atoms with Crippen molar-refractivity contribution in [3.05, 3.63) is 35.9 Å². The molecule has 1 aromatic rings. The first-order chi connectivity index (χ1) is 8.24. The molecule has 0 atom stereocenters. The van der Waals surface area contributed by atoms with E-state index in [4.69, 9.17) is 9.47 Å². The highest BCUT2D eigenvalue weighted by atomic mass is 16.8. The van der Waals surface area contributed by atoms with Crippen LogP contribution >= 0.6 is 0 Å². The summed E-state index contributed by atoms with van der Waals surface area (Å²) in [5.74, 6) is -0.841. The van der Waals surface area contributed by atoms with Gasteiger partial charge in [0.15, 0.2) is 13.6 Å². The van der Waals surface area contributed by atoms with Crippen LogP contribution in [-0.4, -0.2) is 25.5 Å². The van der Waals surface area contributed by atoms with Gasteiger partial charge in [0.2, 0.25) is 0 Å². The summed E-state index contributed by atoms with van der Waals surface area (Å²) in [6.45, 7) is 1.22. The first-order valence-corrected chi connectivity index (χ1v) is 5.19. The van der Waals surface area contributed by atoms with Crippen molar-refractivity contribution in [2.45, 2.75) is 13.3 Å². The highest BCUT2D eigenvalue weighted by molar-refractivity contribution is 5.89. The van der Waals surface area contributed by atoms with Gasteiger partial charge in [0, 0.05) is 6.42 Å². The molecule has 0 unspecified atom stereocenters. The van der Waals surface area contributed by atoms with E-state index in [-0.39, 0.29) is 26.0 Å². The van der Waals surface area contributed by atoms with Crippen molar-refractivity contribution in [2.75, 3.05) is 13.6 Å². The van der Waals surface area contributed by atoms with E-state index in [1.807, 2.05) is 0 Å². The van der Waals surface area contributed by atoms with Gasteiger partial charge in [-0.25, -0.2) is 4.79 Å². The van der Waals surface area contributed by atoms with Gasteiger partial charge in [-0.3, -0.25) is 4.79 Å². The maximum atomic E-state index is 11.4. The molecular formula is C12H14O5. The number of hydrogen-bond donors (Lipinski definition) is 0. The molecule has 1 rings (SSSR count). The van der Waals surface area contributed by atoms with E-state index in [2.05, 4.69) is 4.74 Å². The highest BCUT2D eigenvalue weighted by Crippen LogP contribution is 2.00. The molecule has 0 fully saturated rings. The number of carbonyl (C=O) groups excluding carboxylic acids is 2. The molecule has 92 valence electrons. The van der Waals surface area contributed by atoms with Crippen molar-refractivity contribution in [3.63, 3.8) is 0 Å². The minimum atomic E-state index is -0.479. The summed E-state index contributed by atoms with van der Waals surface area (Å²) in [6, 6.07) is 8.55. The Hall–Kier alpha value is -1.88. The predicted molar refractivity (Wildman–Crippen MR) is 59.1 cm³/mol. The molecule has 1 aromatic carbocycles. The van der Waals surface area contributed by atoms with Crippen molar-refractivity contribution < 1.29 is 23.8 Å². The van der Waals surface area contributed by atoms with E-state index in [1.54, 1.807) is 37.3 Å². The summed E-state index contributed by atoms with van der Waals surface area (Å²) in [4.78, 5) is 22.1. The van der Waals surface area contributed by atoms with Gasteiger partial charge in [0.25, 0.3) is 0 Å². The van der Waals surface area contributed by atoms with Gasteiger partial charge in [-0.05, 0) is 12.1 Å². The molecule has 0 saturated heterocycles. The second-order valence-electron chi connectivity index (χ2n) is 3.11. The van der Waals surface area contributed by atoms with Gasteiger partial charge < -0.3 is 14.2 Å². The molecule has 0 heterocycles. The second kappa shape index (κ2) is 7.40. The largest absolute Gasteiger partial charge is 0.438 e. The molecule has 0 aliphatic carbocycles. The lowest BCUT2D eigenvalue weighted by Gasteiger charge is -2.06. The number of ether oxygens (including phenoxy) is 3. The Kier molecular flexibility index (Phi) is 5.74. The zero-order valence-electron chi connectivity index (χ0n) is 9.55. The van der Waals surface area contributed by atoms with Crippen LogP contribution in [0.2, 0.25) is 0 Å². The fraction of sp³-hybridized carbons (Fsp3) is 0.333. The summed E-state index contributed by atoms with van der Waals surface area (Å²) in [7, 11) is 0. The van der Waals surface area contributed by atoms with Crippen LogP contribution in [0.3, 0.4) is 0 Å². The normalized spacial score (nSPS) is 9.71. The van der Waals surface area contributed by atoms with E-state index in [1.165, 1.54) is 0 Å². The van der Waals surface area contributed by atoms with Gasteiger partial charge in [-0.2, -0.15) is 0 Å². The maximum absolute atomic E-state index is 11.4. The Morgan fingerprint density at radius 3 is 2.35 bits per heavy atom. The Labute approximate surface area is 99.3 Å². The van der Waals surface area contributed by atoms with Gasteiger partial charge in [0.1, 0.15) is 0 Å². The molecule has 0 saturated carbocycles. The van der Waals surface area contributed by atoms with Crippen molar-refractivity contribution in [2.24, 2.45) is 0 Å². The van der Waals surface area contributed by atoms with E-state index >= 15 is 0 Å². The molecule has 0 spiro atoms.